The molecular weight excluding hydrogens is 440 g/mol. The fraction of sp³-hybridized carbons (Fsp3) is 0.176. The summed E-state index contributed by atoms with van der Waals surface area (Å²) in [6.07, 6.45) is 4.47. The Labute approximate surface area is 210 Å². The summed E-state index contributed by atoms with van der Waals surface area (Å²) in [4.78, 5) is 26.5. The molecule has 0 aromatic heterocycles. The van der Waals surface area contributed by atoms with Gasteiger partial charge in [0.2, 0.25) is 0 Å². The highest BCUT2D eigenvalue weighted by molar-refractivity contribution is 6.27. The molecule has 0 saturated heterocycles. The molecule has 0 saturated carbocycles. The summed E-state index contributed by atoms with van der Waals surface area (Å²) in [5, 5.41) is 7.64. The van der Waals surface area contributed by atoms with Gasteiger partial charge in [-0.25, -0.2) is 0 Å². The van der Waals surface area contributed by atoms with E-state index < -0.39 is 0 Å². The molecule has 1 atom stereocenters. The SMILES string of the molecule is O=C1C2=C(C(=O)c3ccccc31)C(CCc1ccc3c(ccc4c5ccccc5ccc34)c1)CCC2. The number of allylic oxidation sites excluding steroid dienone is 2. The van der Waals surface area contributed by atoms with Crippen LogP contribution in [0, 0.1) is 5.92 Å². The first-order valence-corrected chi connectivity index (χ1v) is 12.9. The van der Waals surface area contributed by atoms with Crippen molar-refractivity contribution in [1.29, 1.82) is 0 Å². The van der Waals surface area contributed by atoms with E-state index in [0.29, 0.717) is 11.1 Å². The van der Waals surface area contributed by atoms with Crippen LogP contribution >= 0.6 is 0 Å². The first-order valence-electron chi connectivity index (χ1n) is 12.9. The number of carbonyl (C=O) groups excluding carboxylic acids is 2. The maximum absolute atomic E-state index is 13.4. The Morgan fingerprint density at radius 2 is 1.31 bits per heavy atom. The van der Waals surface area contributed by atoms with E-state index in [-0.39, 0.29) is 17.5 Å². The van der Waals surface area contributed by atoms with Crippen LogP contribution in [0.2, 0.25) is 0 Å². The topological polar surface area (TPSA) is 34.1 Å². The average Bonchev–Trinajstić information content (AvgIpc) is 2.94. The zero-order valence-corrected chi connectivity index (χ0v) is 20.1. The zero-order valence-electron chi connectivity index (χ0n) is 20.1. The summed E-state index contributed by atoms with van der Waals surface area (Å²) in [6.45, 7) is 0. The molecule has 0 fully saturated rings. The number of rotatable bonds is 3. The van der Waals surface area contributed by atoms with Gasteiger partial charge in [0, 0.05) is 22.3 Å². The van der Waals surface area contributed by atoms with Gasteiger partial charge in [0.25, 0.3) is 0 Å². The molecular formula is C34H26O2. The predicted molar refractivity (Wildman–Crippen MR) is 147 cm³/mol. The zero-order chi connectivity index (χ0) is 24.2. The number of Topliss-reactive ketones (excluding diaryl/α,β-unsaturated/α-hetero) is 2. The number of hydrogen-bond donors (Lipinski definition) is 0. The minimum atomic E-state index is 0.0648. The molecule has 36 heavy (non-hydrogen) atoms. The Hall–Kier alpha value is -4.04. The Kier molecular flexibility index (Phi) is 4.89. The van der Waals surface area contributed by atoms with Crippen LogP contribution in [-0.2, 0) is 6.42 Å². The second kappa shape index (κ2) is 8.27. The molecule has 0 N–H and O–H groups in total. The van der Waals surface area contributed by atoms with E-state index >= 15 is 0 Å². The minimum Gasteiger partial charge on any atom is -0.289 e. The van der Waals surface area contributed by atoms with Crippen LogP contribution < -0.4 is 0 Å². The summed E-state index contributed by atoms with van der Waals surface area (Å²) in [5.41, 5.74) is 4.01. The Morgan fingerprint density at radius 1 is 0.639 bits per heavy atom. The molecule has 2 aliphatic rings. The van der Waals surface area contributed by atoms with E-state index in [2.05, 4.69) is 66.7 Å². The van der Waals surface area contributed by atoms with Crippen molar-refractivity contribution < 1.29 is 9.59 Å². The Morgan fingerprint density at radius 3 is 2.14 bits per heavy atom. The van der Waals surface area contributed by atoms with Crippen LogP contribution in [0.1, 0.15) is 52.0 Å². The second-order valence-corrected chi connectivity index (χ2v) is 10.2. The van der Waals surface area contributed by atoms with Crippen LogP contribution in [0.15, 0.2) is 102 Å². The van der Waals surface area contributed by atoms with E-state index in [0.717, 1.165) is 43.3 Å². The van der Waals surface area contributed by atoms with Gasteiger partial charge in [0.15, 0.2) is 11.6 Å². The summed E-state index contributed by atoms with van der Waals surface area (Å²) in [5.74, 6) is 0.286. The van der Waals surface area contributed by atoms with E-state index in [4.69, 9.17) is 0 Å². The van der Waals surface area contributed by atoms with Crippen molar-refractivity contribution in [2.24, 2.45) is 5.92 Å². The largest absolute Gasteiger partial charge is 0.289 e. The monoisotopic (exact) mass is 466 g/mol. The predicted octanol–water partition coefficient (Wildman–Crippen LogP) is 8.25. The second-order valence-electron chi connectivity index (χ2n) is 10.2. The van der Waals surface area contributed by atoms with Crippen LogP contribution in [0.5, 0.6) is 0 Å². The van der Waals surface area contributed by atoms with Crippen molar-refractivity contribution in [2.75, 3.05) is 0 Å². The summed E-state index contributed by atoms with van der Waals surface area (Å²) in [6, 6.07) is 31.6. The first kappa shape index (κ1) is 21.3. The number of hydrogen-bond acceptors (Lipinski definition) is 2. The van der Waals surface area contributed by atoms with E-state index in [1.165, 1.54) is 37.9 Å². The molecule has 0 bridgehead atoms. The maximum Gasteiger partial charge on any atom is 0.190 e. The molecule has 0 spiro atoms. The molecule has 0 heterocycles. The lowest BCUT2D eigenvalue weighted by Gasteiger charge is -2.31. The van der Waals surface area contributed by atoms with Gasteiger partial charge in [0.05, 0.1) is 0 Å². The average molecular weight is 467 g/mol. The van der Waals surface area contributed by atoms with E-state index in [1.807, 2.05) is 18.2 Å². The van der Waals surface area contributed by atoms with Crippen molar-refractivity contribution in [3.63, 3.8) is 0 Å². The van der Waals surface area contributed by atoms with Gasteiger partial charge >= 0.3 is 0 Å². The van der Waals surface area contributed by atoms with Crippen molar-refractivity contribution in [1.82, 2.24) is 0 Å². The fourth-order valence-corrected chi connectivity index (χ4v) is 6.46. The van der Waals surface area contributed by atoms with Gasteiger partial charge in [-0.2, -0.15) is 0 Å². The molecule has 174 valence electrons. The van der Waals surface area contributed by atoms with Crippen LogP contribution in [-0.4, -0.2) is 11.6 Å². The number of fused-ring (bicyclic) bond motifs is 6. The molecule has 0 amide bonds. The van der Waals surface area contributed by atoms with Crippen LogP contribution in [0.4, 0.5) is 0 Å². The molecule has 1 unspecified atom stereocenters. The highest BCUT2D eigenvalue weighted by Crippen LogP contribution is 2.40. The highest BCUT2D eigenvalue weighted by Gasteiger charge is 2.37. The lowest BCUT2D eigenvalue weighted by atomic mass is 9.71. The smallest absolute Gasteiger partial charge is 0.190 e. The van der Waals surface area contributed by atoms with Crippen LogP contribution in [0.3, 0.4) is 0 Å². The van der Waals surface area contributed by atoms with Gasteiger partial charge in [-0.1, -0.05) is 91.0 Å². The Bertz CT molecular complexity index is 1750. The van der Waals surface area contributed by atoms with Gasteiger partial charge in [0.1, 0.15) is 0 Å². The number of carbonyl (C=O) groups is 2. The van der Waals surface area contributed by atoms with Crippen molar-refractivity contribution in [3.05, 3.63) is 119 Å². The number of ketones is 2. The molecule has 2 nitrogen and oxygen atoms in total. The van der Waals surface area contributed by atoms with Gasteiger partial charge in [-0.05, 0) is 75.9 Å². The normalized spacial score (nSPS) is 17.6. The molecule has 0 aliphatic heterocycles. The standard InChI is InChI=1S/C34H26O2/c35-33-29-9-3-4-10-30(29)34(36)32-23(7-5-11-31(32)33)14-12-21-13-17-26-24(20-21)16-19-27-25-8-2-1-6-22(25)15-18-28(26)27/h1-4,6,8-10,13,15-20,23H,5,7,11-12,14H2. The quantitative estimate of drug-likeness (QED) is 0.251. The summed E-state index contributed by atoms with van der Waals surface area (Å²) >= 11 is 0. The van der Waals surface area contributed by atoms with Crippen LogP contribution in [0.25, 0.3) is 32.3 Å². The van der Waals surface area contributed by atoms with E-state index in [9.17, 15) is 9.59 Å². The summed E-state index contributed by atoms with van der Waals surface area (Å²) in [7, 11) is 0. The third kappa shape index (κ3) is 3.25. The van der Waals surface area contributed by atoms with Gasteiger partial charge in [-0.15, -0.1) is 0 Å². The minimum absolute atomic E-state index is 0.0648. The molecule has 5 aromatic carbocycles. The molecule has 2 heteroatoms. The maximum atomic E-state index is 13.4. The summed E-state index contributed by atoms with van der Waals surface area (Å²) < 4.78 is 0. The van der Waals surface area contributed by atoms with Gasteiger partial charge < -0.3 is 0 Å². The third-order valence-electron chi connectivity index (χ3n) is 8.24. The molecule has 0 radical (unpaired) electrons. The van der Waals surface area contributed by atoms with Crippen molar-refractivity contribution in [3.8, 4) is 0 Å². The van der Waals surface area contributed by atoms with Crippen molar-refractivity contribution in [2.45, 2.75) is 32.1 Å². The lowest BCUT2D eigenvalue weighted by molar-refractivity contribution is 0.0953. The van der Waals surface area contributed by atoms with Gasteiger partial charge in [-0.3, -0.25) is 9.59 Å². The Balaban J connectivity index is 1.20. The van der Waals surface area contributed by atoms with Crippen molar-refractivity contribution >= 4 is 43.9 Å². The molecule has 2 aliphatic carbocycles. The number of aryl methyl sites for hydroxylation is 1. The third-order valence-corrected chi connectivity index (χ3v) is 8.24. The molecule has 5 aromatic rings. The lowest BCUT2D eigenvalue weighted by Crippen LogP contribution is -2.29. The van der Waals surface area contributed by atoms with E-state index in [1.54, 1.807) is 6.07 Å². The number of benzene rings is 5. The first-order chi connectivity index (χ1) is 17.7. The molecule has 7 rings (SSSR count). The highest BCUT2D eigenvalue weighted by atomic mass is 16.1. The fourth-order valence-electron chi connectivity index (χ4n) is 6.46.